The molecule has 1 aromatic carbocycles. The van der Waals surface area contributed by atoms with Crippen molar-refractivity contribution >= 4 is 29.2 Å². The zero-order chi connectivity index (χ0) is 28.4. The van der Waals surface area contributed by atoms with Crippen molar-refractivity contribution in [2.24, 2.45) is 11.8 Å². The Labute approximate surface area is 260 Å². The van der Waals surface area contributed by atoms with E-state index in [2.05, 4.69) is 42.6 Å². The zero-order valence-electron chi connectivity index (χ0n) is 24.7. The number of esters is 2. The van der Waals surface area contributed by atoms with Gasteiger partial charge in [0.2, 0.25) is 6.23 Å². The van der Waals surface area contributed by atoms with Crippen molar-refractivity contribution < 1.29 is 52.3 Å². The van der Waals surface area contributed by atoms with Gasteiger partial charge in [0, 0.05) is 23.5 Å². The molecular formula is C30H44IN3O5S. The van der Waals surface area contributed by atoms with Crippen LogP contribution >= 0.6 is 11.7 Å². The van der Waals surface area contributed by atoms with E-state index in [0.717, 1.165) is 37.1 Å². The van der Waals surface area contributed by atoms with Gasteiger partial charge in [-0.3, -0.25) is 14.1 Å². The number of carbonyl (C=O) groups is 2. The van der Waals surface area contributed by atoms with Crippen LogP contribution in [0.3, 0.4) is 0 Å². The molecule has 2 heterocycles. The lowest BCUT2D eigenvalue weighted by Crippen LogP contribution is -3.00. The number of quaternary nitrogens is 1. The van der Waals surface area contributed by atoms with Gasteiger partial charge in [0.15, 0.2) is 0 Å². The first-order chi connectivity index (χ1) is 18.6. The molecule has 0 saturated carbocycles. The average Bonchev–Trinajstić information content (AvgIpc) is 3.36. The van der Waals surface area contributed by atoms with Gasteiger partial charge in [-0.05, 0) is 12.5 Å². The summed E-state index contributed by atoms with van der Waals surface area (Å²) in [6.07, 6.45) is 7.27. The minimum Gasteiger partial charge on any atom is -1.00 e. The van der Waals surface area contributed by atoms with E-state index < -0.39 is 0 Å². The third-order valence-corrected chi connectivity index (χ3v) is 7.50. The third-order valence-electron chi connectivity index (χ3n) is 6.99. The quantitative estimate of drug-likeness (QED) is 0.0994. The highest BCUT2D eigenvalue weighted by molar-refractivity contribution is 6.99. The number of aromatic nitrogens is 2. The average molecular weight is 686 g/mol. The molecule has 2 aromatic rings. The maximum Gasteiger partial charge on any atom is 0.314 e. The van der Waals surface area contributed by atoms with Crippen LogP contribution in [0.1, 0.15) is 78.0 Å². The molecular weight excluding hydrogens is 641 g/mol. The molecule has 3 rings (SSSR count). The Morgan fingerprint density at radius 1 is 1.07 bits per heavy atom. The number of ether oxygens (including phenoxy) is 3. The van der Waals surface area contributed by atoms with E-state index >= 15 is 0 Å². The number of likely N-dealkylation sites (N-methyl/N-ethyl adjacent to an activating group) is 1. The molecule has 8 nitrogen and oxygen atoms in total. The molecule has 0 amide bonds. The summed E-state index contributed by atoms with van der Waals surface area (Å²) in [5.41, 5.74) is 2.51. The molecule has 40 heavy (non-hydrogen) atoms. The normalized spacial score (nSPS) is 17.6. The van der Waals surface area contributed by atoms with Gasteiger partial charge in [-0.15, -0.1) is 4.37 Å². The first-order valence-electron chi connectivity index (χ1n) is 14.1. The van der Waals surface area contributed by atoms with Gasteiger partial charge in [-0.2, -0.15) is 4.37 Å². The fourth-order valence-electron chi connectivity index (χ4n) is 4.91. The molecule has 0 bridgehead atoms. The highest BCUT2D eigenvalue weighted by atomic mass is 127. The van der Waals surface area contributed by atoms with Crippen molar-refractivity contribution in [2.45, 2.75) is 79.4 Å². The van der Waals surface area contributed by atoms with Crippen LogP contribution in [0.2, 0.25) is 0 Å². The van der Waals surface area contributed by atoms with E-state index in [0.29, 0.717) is 34.8 Å². The van der Waals surface area contributed by atoms with Crippen LogP contribution < -0.4 is 33.5 Å². The Balaban J connectivity index is 0.00000560. The van der Waals surface area contributed by atoms with E-state index in [-0.39, 0.29) is 60.4 Å². The van der Waals surface area contributed by atoms with Gasteiger partial charge in [0.05, 0.1) is 44.3 Å². The first kappa shape index (κ1) is 34.2. The number of rotatable bonds is 14. The predicted molar refractivity (Wildman–Crippen MR) is 153 cm³/mol. The number of carbonyl (C=O) groups excluding carboxylic acids is 2. The summed E-state index contributed by atoms with van der Waals surface area (Å²) in [5.74, 6) is 0.153. The van der Waals surface area contributed by atoms with Crippen LogP contribution in [0, 0.1) is 11.8 Å². The molecule has 2 atom stereocenters. The van der Waals surface area contributed by atoms with Crippen LogP contribution in [-0.2, 0) is 20.7 Å². The van der Waals surface area contributed by atoms with Crippen LogP contribution in [-0.4, -0.2) is 58.1 Å². The summed E-state index contributed by atoms with van der Waals surface area (Å²) in [5, 5.41) is 0. The van der Waals surface area contributed by atoms with E-state index in [9.17, 15) is 9.59 Å². The summed E-state index contributed by atoms with van der Waals surface area (Å²) in [4.78, 5) is 25.4. The van der Waals surface area contributed by atoms with E-state index in [1.54, 1.807) is 32.0 Å². The fraction of sp³-hybridized carbons (Fsp3) is 0.600. The second kappa shape index (κ2) is 16.4. The van der Waals surface area contributed by atoms with E-state index in [1.807, 2.05) is 6.07 Å². The van der Waals surface area contributed by atoms with Gasteiger partial charge < -0.3 is 38.2 Å². The molecule has 222 valence electrons. The minimum atomic E-state index is -0.350. The number of hydrogen-bond donors (Lipinski definition) is 0. The summed E-state index contributed by atoms with van der Waals surface area (Å²) in [6, 6.07) is 7.13. The summed E-state index contributed by atoms with van der Waals surface area (Å²) in [7, 11) is 2.13. The van der Waals surface area contributed by atoms with Gasteiger partial charge >= 0.3 is 11.9 Å². The van der Waals surface area contributed by atoms with Gasteiger partial charge in [0.1, 0.15) is 18.0 Å². The van der Waals surface area contributed by atoms with E-state index in [4.69, 9.17) is 14.2 Å². The van der Waals surface area contributed by atoms with Gasteiger partial charge in [-0.25, -0.2) is 0 Å². The minimum absolute atomic E-state index is 0. The standard InChI is InChI=1S/C30H44N3O5S.HI/c1-7-8-9-12-18-36-28-27(31-39-32-28)24-15-13-17-33(6,20-24)29(21(2)3)38-26(34)19-23-14-10-11-16-25(23)37-30(35)22(4)5;/h10-11,14-16,21-22,29H,7-9,12-13,17-20H2,1-6H3;1H/q+1;/p-1. The summed E-state index contributed by atoms with van der Waals surface area (Å²) >= 11 is 1.17. The monoisotopic (exact) mass is 685 g/mol. The lowest BCUT2D eigenvalue weighted by Gasteiger charge is -2.44. The van der Waals surface area contributed by atoms with Crippen molar-refractivity contribution in [1.29, 1.82) is 0 Å². The van der Waals surface area contributed by atoms with Crippen molar-refractivity contribution in [2.75, 3.05) is 26.7 Å². The molecule has 0 N–H and O–H groups in total. The number of unbranched alkanes of at least 4 members (excludes halogenated alkanes) is 3. The SMILES string of the molecule is CCCCCCOc1nsnc1C1=CCC[N+](C)(C(OC(=O)Cc2ccccc2OC(=O)C(C)C)C(C)C)C1.[I-]. The molecule has 2 unspecified atom stereocenters. The van der Waals surface area contributed by atoms with Crippen LogP contribution in [0.15, 0.2) is 30.3 Å². The summed E-state index contributed by atoms with van der Waals surface area (Å²) < 4.78 is 27.2. The smallest absolute Gasteiger partial charge is 0.314 e. The molecule has 1 aromatic heterocycles. The molecule has 0 radical (unpaired) electrons. The molecule has 1 aliphatic heterocycles. The second-order valence-corrected chi connectivity index (χ2v) is 11.7. The zero-order valence-corrected chi connectivity index (χ0v) is 27.6. The Morgan fingerprint density at radius 3 is 2.52 bits per heavy atom. The van der Waals surface area contributed by atoms with Gasteiger partial charge in [0.25, 0.3) is 5.88 Å². The Morgan fingerprint density at radius 2 is 1.82 bits per heavy atom. The Kier molecular flexibility index (Phi) is 14.0. The number of halogens is 1. The maximum absolute atomic E-state index is 13.2. The second-order valence-electron chi connectivity index (χ2n) is 11.2. The largest absolute Gasteiger partial charge is 1.00 e. The molecule has 0 fully saturated rings. The highest BCUT2D eigenvalue weighted by Crippen LogP contribution is 2.33. The van der Waals surface area contributed by atoms with Crippen LogP contribution in [0.5, 0.6) is 11.6 Å². The Hall–Kier alpha value is -2.05. The van der Waals surface area contributed by atoms with Crippen LogP contribution in [0.4, 0.5) is 0 Å². The first-order valence-corrected chi connectivity index (χ1v) is 14.9. The van der Waals surface area contributed by atoms with Gasteiger partial charge in [-0.1, -0.05) is 78.2 Å². The third kappa shape index (κ3) is 9.51. The molecule has 10 heteroatoms. The molecule has 0 spiro atoms. The van der Waals surface area contributed by atoms with Crippen molar-refractivity contribution in [3.8, 4) is 11.6 Å². The number of para-hydroxylation sites is 1. The fourth-order valence-corrected chi connectivity index (χ4v) is 5.45. The lowest BCUT2D eigenvalue weighted by molar-refractivity contribution is -0.950. The van der Waals surface area contributed by atoms with Crippen molar-refractivity contribution in [3.63, 3.8) is 0 Å². The highest BCUT2D eigenvalue weighted by Gasteiger charge is 2.41. The van der Waals surface area contributed by atoms with Crippen molar-refractivity contribution in [1.82, 2.24) is 8.75 Å². The molecule has 1 aliphatic rings. The lowest BCUT2D eigenvalue weighted by atomic mass is 10.0. The molecule has 0 aliphatic carbocycles. The van der Waals surface area contributed by atoms with E-state index in [1.165, 1.54) is 24.6 Å². The summed E-state index contributed by atoms with van der Waals surface area (Å²) in [6.45, 7) is 12.0. The topological polar surface area (TPSA) is 87.6 Å². The maximum atomic E-state index is 13.2. The Bertz CT molecular complexity index is 1140. The van der Waals surface area contributed by atoms with Crippen LogP contribution in [0.25, 0.3) is 5.57 Å². The van der Waals surface area contributed by atoms with Crippen molar-refractivity contribution in [3.05, 3.63) is 41.6 Å². The molecule has 0 saturated heterocycles. The number of benzene rings is 1. The predicted octanol–water partition coefficient (Wildman–Crippen LogP) is 3.06. The number of hydrogen-bond acceptors (Lipinski definition) is 8. The number of nitrogens with zero attached hydrogens (tertiary/aromatic N) is 3.